The summed E-state index contributed by atoms with van der Waals surface area (Å²) in [6.45, 7) is 2.17. The van der Waals surface area contributed by atoms with Crippen molar-refractivity contribution in [3.05, 3.63) is 71.3 Å². The van der Waals surface area contributed by atoms with Gasteiger partial charge in [-0.1, -0.05) is 66.7 Å². The van der Waals surface area contributed by atoms with Gasteiger partial charge in [-0.3, -0.25) is 4.79 Å². The number of hydrogen-bond donors (Lipinski definition) is 1. The standard InChI is InChI=1S/C22H26N2O3.ClH/c1-17-16-23-24(27-22(17)26)21(25)15-20-13-11-19(12-14-20)10-6-5-9-18-7-3-2-4-8-18;/h2-4,7-8,11-14,17,23H,5-6,9-10,15-16H2,1H3;1H/t17-;/m1./s1. The van der Waals surface area contributed by atoms with E-state index in [1.54, 1.807) is 6.92 Å². The monoisotopic (exact) mass is 402 g/mol. The second-order valence-electron chi connectivity index (χ2n) is 7.05. The van der Waals surface area contributed by atoms with Crippen LogP contribution in [0.2, 0.25) is 0 Å². The Balaban J connectivity index is 0.00000280. The van der Waals surface area contributed by atoms with Gasteiger partial charge in [0.05, 0.1) is 12.3 Å². The Kier molecular flexibility index (Phi) is 8.48. The highest BCUT2D eigenvalue weighted by Gasteiger charge is 2.28. The fourth-order valence-corrected chi connectivity index (χ4v) is 3.03. The molecule has 1 saturated heterocycles. The first kappa shape index (κ1) is 21.9. The molecule has 2 aromatic rings. The number of carbonyl (C=O) groups is 2. The van der Waals surface area contributed by atoms with Crippen LogP contribution in [-0.4, -0.2) is 23.6 Å². The summed E-state index contributed by atoms with van der Waals surface area (Å²) in [6.07, 6.45) is 4.63. The lowest BCUT2D eigenvalue weighted by Gasteiger charge is -2.28. The van der Waals surface area contributed by atoms with Gasteiger partial charge in [-0.15, -0.1) is 12.4 Å². The first-order chi connectivity index (χ1) is 13.1. The summed E-state index contributed by atoms with van der Waals surface area (Å²) in [4.78, 5) is 28.8. The van der Waals surface area contributed by atoms with E-state index in [4.69, 9.17) is 4.84 Å². The van der Waals surface area contributed by atoms with Gasteiger partial charge in [0.15, 0.2) is 0 Å². The number of amides is 1. The number of nitrogens with one attached hydrogen (secondary N) is 1. The molecule has 150 valence electrons. The third-order valence-corrected chi connectivity index (χ3v) is 4.75. The summed E-state index contributed by atoms with van der Waals surface area (Å²) >= 11 is 0. The van der Waals surface area contributed by atoms with Crippen LogP contribution in [0, 0.1) is 5.92 Å². The molecule has 0 unspecified atom stereocenters. The van der Waals surface area contributed by atoms with Crippen molar-refractivity contribution in [2.45, 2.75) is 39.0 Å². The Morgan fingerprint density at radius 2 is 1.57 bits per heavy atom. The van der Waals surface area contributed by atoms with Gasteiger partial charge in [0.2, 0.25) is 0 Å². The van der Waals surface area contributed by atoms with E-state index in [0.717, 1.165) is 36.4 Å². The Morgan fingerprint density at radius 3 is 2.18 bits per heavy atom. The minimum absolute atomic E-state index is 0. The van der Waals surface area contributed by atoms with Crippen LogP contribution in [0.15, 0.2) is 54.6 Å². The Hall–Kier alpha value is -2.37. The third-order valence-electron chi connectivity index (χ3n) is 4.75. The highest BCUT2D eigenvalue weighted by Crippen LogP contribution is 2.13. The molecule has 28 heavy (non-hydrogen) atoms. The molecule has 1 N–H and O–H groups in total. The van der Waals surface area contributed by atoms with Crippen molar-refractivity contribution < 1.29 is 14.4 Å². The van der Waals surface area contributed by atoms with Gasteiger partial charge in [-0.25, -0.2) is 4.79 Å². The molecule has 1 aliphatic heterocycles. The van der Waals surface area contributed by atoms with Gasteiger partial charge < -0.3 is 4.84 Å². The SMILES string of the molecule is C[C@@H]1CNN(C(=O)Cc2ccc(CCCCc3ccccc3)cc2)OC1=O.Cl. The van der Waals surface area contributed by atoms with Gasteiger partial charge in [0, 0.05) is 6.54 Å². The first-order valence-corrected chi connectivity index (χ1v) is 9.52. The maximum Gasteiger partial charge on any atom is 0.338 e. The molecule has 0 bridgehead atoms. The molecule has 0 spiro atoms. The average molecular weight is 403 g/mol. The number of halogens is 1. The Bertz CT molecular complexity index is 765. The highest BCUT2D eigenvalue weighted by atomic mass is 35.5. The molecule has 1 atom stereocenters. The van der Waals surface area contributed by atoms with Crippen LogP contribution in [0.1, 0.15) is 36.5 Å². The minimum atomic E-state index is -0.382. The number of benzene rings is 2. The molecule has 1 fully saturated rings. The van der Waals surface area contributed by atoms with Crippen molar-refractivity contribution in [3.8, 4) is 0 Å². The van der Waals surface area contributed by atoms with Crippen LogP contribution in [0.25, 0.3) is 0 Å². The first-order valence-electron chi connectivity index (χ1n) is 9.52. The molecule has 0 aliphatic carbocycles. The largest absolute Gasteiger partial charge is 0.338 e. The molecule has 1 heterocycles. The Morgan fingerprint density at radius 1 is 1.00 bits per heavy atom. The van der Waals surface area contributed by atoms with Crippen molar-refractivity contribution in [2.24, 2.45) is 5.92 Å². The van der Waals surface area contributed by atoms with E-state index >= 15 is 0 Å². The molecule has 3 rings (SSSR count). The Labute approximate surface area is 172 Å². The van der Waals surface area contributed by atoms with E-state index in [9.17, 15) is 9.59 Å². The summed E-state index contributed by atoms with van der Waals surface area (Å²) in [5, 5.41) is 0.958. The number of aryl methyl sites for hydroxylation is 2. The number of nitrogens with zero attached hydrogens (tertiary/aromatic N) is 1. The molecule has 2 aromatic carbocycles. The number of carbonyl (C=O) groups excluding carboxylic acids is 2. The smallest absolute Gasteiger partial charge is 0.322 e. The summed E-state index contributed by atoms with van der Waals surface area (Å²) in [7, 11) is 0. The zero-order chi connectivity index (χ0) is 19.1. The average Bonchev–Trinajstić information content (AvgIpc) is 2.69. The van der Waals surface area contributed by atoms with Crippen LogP contribution >= 0.6 is 12.4 Å². The number of hydrazine groups is 1. The molecule has 6 heteroatoms. The van der Waals surface area contributed by atoms with E-state index in [1.165, 1.54) is 11.1 Å². The maximum absolute atomic E-state index is 12.2. The molecule has 1 amide bonds. The predicted octanol–water partition coefficient (Wildman–Crippen LogP) is 3.66. The van der Waals surface area contributed by atoms with Crippen molar-refractivity contribution in [2.75, 3.05) is 6.54 Å². The maximum atomic E-state index is 12.2. The fraction of sp³-hybridized carbons (Fsp3) is 0.364. The summed E-state index contributed by atoms with van der Waals surface area (Å²) in [5.74, 6) is -0.894. The number of unbranched alkanes of at least 4 members (excludes halogenated alkanes) is 1. The highest BCUT2D eigenvalue weighted by molar-refractivity contribution is 5.85. The predicted molar refractivity (Wildman–Crippen MR) is 111 cm³/mol. The van der Waals surface area contributed by atoms with Crippen molar-refractivity contribution in [3.63, 3.8) is 0 Å². The van der Waals surface area contributed by atoms with E-state index in [2.05, 4.69) is 41.8 Å². The van der Waals surface area contributed by atoms with Gasteiger partial charge in [0.25, 0.3) is 5.91 Å². The number of hydroxylamine groups is 1. The number of rotatable bonds is 7. The third kappa shape index (κ3) is 6.36. The quantitative estimate of drug-likeness (QED) is 0.718. The van der Waals surface area contributed by atoms with Gasteiger partial charge in [-0.2, -0.15) is 5.43 Å². The van der Waals surface area contributed by atoms with Crippen LogP contribution < -0.4 is 5.43 Å². The van der Waals surface area contributed by atoms with Crippen LogP contribution in [0.3, 0.4) is 0 Å². The fourth-order valence-electron chi connectivity index (χ4n) is 3.03. The van der Waals surface area contributed by atoms with Crippen molar-refractivity contribution in [1.29, 1.82) is 0 Å². The second kappa shape index (κ2) is 10.8. The normalized spacial score (nSPS) is 16.2. The lowest BCUT2D eigenvalue weighted by atomic mass is 10.0. The van der Waals surface area contributed by atoms with E-state index in [-0.39, 0.29) is 36.6 Å². The van der Waals surface area contributed by atoms with Gasteiger partial charge in [0.1, 0.15) is 0 Å². The van der Waals surface area contributed by atoms with Gasteiger partial charge in [-0.05, 0) is 42.4 Å². The molecule has 5 nitrogen and oxygen atoms in total. The van der Waals surface area contributed by atoms with Crippen LogP contribution in [-0.2, 0) is 33.7 Å². The summed E-state index contributed by atoms with van der Waals surface area (Å²) in [5.41, 5.74) is 6.38. The van der Waals surface area contributed by atoms with Gasteiger partial charge >= 0.3 is 5.97 Å². The molecule has 1 aliphatic rings. The zero-order valence-electron chi connectivity index (χ0n) is 16.1. The molecular weight excluding hydrogens is 376 g/mol. The van der Waals surface area contributed by atoms with Crippen molar-refractivity contribution in [1.82, 2.24) is 10.6 Å². The molecular formula is C22H27ClN2O3. The lowest BCUT2D eigenvalue weighted by Crippen LogP contribution is -2.52. The second-order valence-corrected chi connectivity index (χ2v) is 7.05. The van der Waals surface area contributed by atoms with Crippen molar-refractivity contribution >= 4 is 24.3 Å². The zero-order valence-corrected chi connectivity index (χ0v) is 16.9. The van der Waals surface area contributed by atoms with E-state index in [0.29, 0.717) is 6.54 Å². The topological polar surface area (TPSA) is 58.6 Å². The minimum Gasteiger partial charge on any atom is -0.322 e. The van der Waals surface area contributed by atoms with E-state index < -0.39 is 0 Å². The molecule has 0 saturated carbocycles. The number of hydrogen-bond acceptors (Lipinski definition) is 4. The summed E-state index contributed by atoms with van der Waals surface area (Å²) in [6, 6.07) is 18.6. The lowest BCUT2D eigenvalue weighted by molar-refractivity contribution is -0.225. The van der Waals surface area contributed by atoms with Crippen LogP contribution in [0.5, 0.6) is 0 Å². The molecule has 0 radical (unpaired) electrons. The summed E-state index contributed by atoms with van der Waals surface area (Å²) < 4.78 is 0. The van der Waals surface area contributed by atoms with E-state index in [1.807, 2.05) is 18.2 Å². The van der Waals surface area contributed by atoms with Crippen LogP contribution in [0.4, 0.5) is 0 Å². The molecule has 0 aromatic heterocycles.